The van der Waals surface area contributed by atoms with Crippen LogP contribution in [-0.2, 0) is 19.7 Å². The van der Waals surface area contributed by atoms with Crippen molar-refractivity contribution in [1.29, 1.82) is 0 Å². The standard InChI is InChI=1S/C5H9F3O4S2/c1-3-4(13(2,9)10)14(11,12)5(6,7)8/h4H,3H2,1-2H3. The maximum absolute atomic E-state index is 11.9. The van der Waals surface area contributed by atoms with Crippen LogP contribution in [0.5, 0.6) is 0 Å². The fourth-order valence-corrected chi connectivity index (χ4v) is 4.41. The summed E-state index contributed by atoms with van der Waals surface area (Å²) in [7, 11) is -9.90. The van der Waals surface area contributed by atoms with Crippen molar-refractivity contribution in [2.75, 3.05) is 6.26 Å². The lowest BCUT2D eigenvalue weighted by Crippen LogP contribution is -2.38. The first-order valence-corrected chi connectivity index (χ1v) is 6.93. The second-order valence-corrected chi connectivity index (χ2v) is 7.31. The Morgan fingerprint density at radius 1 is 1.14 bits per heavy atom. The first-order chi connectivity index (χ1) is 5.94. The quantitative estimate of drug-likeness (QED) is 0.743. The third-order valence-electron chi connectivity index (χ3n) is 1.48. The smallest absolute Gasteiger partial charge is 0.228 e. The van der Waals surface area contributed by atoms with Crippen molar-refractivity contribution >= 4 is 19.7 Å². The zero-order chi connectivity index (χ0) is 11.8. The van der Waals surface area contributed by atoms with Crippen molar-refractivity contribution in [1.82, 2.24) is 0 Å². The van der Waals surface area contributed by atoms with Gasteiger partial charge in [-0.15, -0.1) is 0 Å². The Hall–Kier alpha value is -0.310. The van der Waals surface area contributed by atoms with Crippen LogP contribution in [0.2, 0.25) is 0 Å². The van der Waals surface area contributed by atoms with E-state index in [4.69, 9.17) is 0 Å². The summed E-state index contributed by atoms with van der Waals surface area (Å²) in [6.07, 6.45) is -0.162. The Balaban J connectivity index is 5.52. The van der Waals surface area contributed by atoms with Crippen molar-refractivity contribution in [2.24, 2.45) is 0 Å². The highest BCUT2D eigenvalue weighted by atomic mass is 32.3. The molecule has 14 heavy (non-hydrogen) atoms. The number of halogens is 3. The van der Waals surface area contributed by atoms with Gasteiger partial charge in [-0.1, -0.05) is 6.92 Å². The van der Waals surface area contributed by atoms with E-state index in [-0.39, 0.29) is 0 Å². The lowest BCUT2D eigenvalue weighted by atomic mass is 10.6. The molecule has 0 aromatic heterocycles. The summed E-state index contributed by atoms with van der Waals surface area (Å²) in [5.41, 5.74) is -5.53. The summed E-state index contributed by atoms with van der Waals surface area (Å²) >= 11 is 0. The monoisotopic (exact) mass is 254 g/mol. The SMILES string of the molecule is CCC(S(C)(=O)=O)S(=O)(=O)C(F)(F)F. The molecule has 0 aromatic carbocycles. The van der Waals surface area contributed by atoms with Gasteiger partial charge in [0, 0.05) is 6.26 Å². The predicted molar refractivity (Wildman–Crippen MR) is 43.9 cm³/mol. The minimum Gasteiger partial charge on any atom is -0.228 e. The molecule has 1 unspecified atom stereocenters. The normalized spacial score (nSPS) is 16.6. The van der Waals surface area contributed by atoms with E-state index < -0.39 is 36.2 Å². The number of alkyl halides is 3. The van der Waals surface area contributed by atoms with Crippen LogP contribution < -0.4 is 0 Å². The zero-order valence-electron chi connectivity index (χ0n) is 7.37. The van der Waals surface area contributed by atoms with Crippen molar-refractivity contribution in [3.63, 3.8) is 0 Å². The Morgan fingerprint density at radius 2 is 1.50 bits per heavy atom. The highest BCUT2D eigenvalue weighted by Gasteiger charge is 2.53. The molecule has 0 fully saturated rings. The topological polar surface area (TPSA) is 68.3 Å². The summed E-state index contributed by atoms with van der Waals surface area (Å²) in [5.74, 6) is 0. The Bertz CT molecular complexity index is 391. The van der Waals surface area contributed by atoms with E-state index in [0.29, 0.717) is 6.26 Å². The molecule has 0 amide bonds. The van der Waals surface area contributed by atoms with E-state index in [0.717, 1.165) is 6.92 Å². The van der Waals surface area contributed by atoms with Gasteiger partial charge in [0.1, 0.15) is 0 Å². The fraction of sp³-hybridized carbons (Fsp3) is 1.00. The highest BCUT2D eigenvalue weighted by molar-refractivity contribution is 8.09. The molecule has 0 radical (unpaired) electrons. The molecule has 0 rings (SSSR count). The van der Waals surface area contributed by atoms with Crippen molar-refractivity contribution in [3.8, 4) is 0 Å². The van der Waals surface area contributed by atoms with Gasteiger partial charge >= 0.3 is 5.51 Å². The summed E-state index contributed by atoms with van der Waals surface area (Å²) in [6.45, 7) is 1.06. The van der Waals surface area contributed by atoms with E-state index in [2.05, 4.69) is 0 Å². The summed E-state index contributed by atoms with van der Waals surface area (Å²) in [5, 5.41) is 0. The molecule has 9 heteroatoms. The van der Waals surface area contributed by atoms with Crippen LogP contribution in [0.3, 0.4) is 0 Å². The number of hydrogen-bond acceptors (Lipinski definition) is 4. The first kappa shape index (κ1) is 13.7. The molecule has 0 aromatic rings. The molecular formula is C5H9F3O4S2. The van der Waals surface area contributed by atoms with E-state index in [1.165, 1.54) is 0 Å². The van der Waals surface area contributed by atoms with Crippen LogP contribution in [0.25, 0.3) is 0 Å². The lowest BCUT2D eigenvalue weighted by Gasteiger charge is -2.15. The molecule has 4 nitrogen and oxygen atoms in total. The maximum Gasteiger partial charge on any atom is 0.498 e. The second-order valence-electron chi connectivity index (χ2n) is 2.66. The second kappa shape index (κ2) is 3.69. The molecule has 0 aliphatic heterocycles. The average molecular weight is 254 g/mol. The number of sulfone groups is 2. The van der Waals surface area contributed by atoms with Crippen LogP contribution in [0, 0.1) is 0 Å². The molecule has 0 spiro atoms. The van der Waals surface area contributed by atoms with E-state index in [1.807, 2.05) is 0 Å². The minimum atomic E-state index is -5.63. The Kier molecular flexibility index (Phi) is 3.60. The van der Waals surface area contributed by atoms with Gasteiger partial charge in [0.05, 0.1) is 0 Å². The van der Waals surface area contributed by atoms with Crippen LogP contribution in [0.1, 0.15) is 13.3 Å². The molecule has 0 saturated heterocycles. The lowest BCUT2D eigenvalue weighted by molar-refractivity contribution is -0.0439. The van der Waals surface area contributed by atoms with Gasteiger partial charge in [0.25, 0.3) is 9.84 Å². The molecule has 0 aliphatic rings. The van der Waals surface area contributed by atoms with Gasteiger partial charge < -0.3 is 0 Å². The predicted octanol–water partition coefficient (Wildman–Crippen LogP) is 0.702. The van der Waals surface area contributed by atoms with E-state index in [1.54, 1.807) is 0 Å². The first-order valence-electron chi connectivity index (χ1n) is 3.43. The molecule has 1 atom stereocenters. The zero-order valence-corrected chi connectivity index (χ0v) is 9.00. The molecule has 0 saturated carbocycles. The van der Waals surface area contributed by atoms with Crippen LogP contribution in [0.4, 0.5) is 13.2 Å². The molecule has 0 N–H and O–H groups in total. The van der Waals surface area contributed by atoms with Crippen LogP contribution in [0.15, 0.2) is 0 Å². The highest BCUT2D eigenvalue weighted by Crippen LogP contribution is 2.30. The Labute approximate surface area is 79.9 Å². The number of hydrogen-bond donors (Lipinski definition) is 0. The molecule has 0 heterocycles. The van der Waals surface area contributed by atoms with Gasteiger partial charge in [-0.2, -0.15) is 13.2 Å². The van der Waals surface area contributed by atoms with Crippen LogP contribution in [-0.4, -0.2) is 33.2 Å². The molecule has 0 bridgehead atoms. The van der Waals surface area contributed by atoms with Crippen molar-refractivity contribution < 1.29 is 30.0 Å². The molecule has 86 valence electrons. The van der Waals surface area contributed by atoms with E-state index >= 15 is 0 Å². The third kappa shape index (κ3) is 2.59. The molecular weight excluding hydrogens is 245 g/mol. The van der Waals surface area contributed by atoms with Gasteiger partial charge in [-0.05, 0) is 6.42 Å². The summed E-state index contributed by atoms with van der Waals surface area (Å²) in [4.78, 5) is 0. The van der Waals surface area contributed by atoms with Gasteiger partial charge in [0.2, 0.25) is 0 Å². The summed E-state index contributed by atoms with van der Waals surface area (Å²) < 4.78 is 76.4. The maximum atomic E-state index is 11.9. The van der Waals surface area contributed by atoms with Crippen LogP contribution >= 0.6 is 0 Å². The average Bonchev–Trinajstić information content (AvgIpc) is 1.80. The van der Waals surface area contributed by atoms with Gasteiger partial charge in [-0.25, -0.2) is 16.8 Å². The van der Waals surface area contributed by atoms with Crippen molar-refractivity contribution in [2.45, 2.75) is 23.4 Å². The third-order valence-corrected chi connectivity index (χ3v) is 6.25. The largest absolute Gasteiger partial charge is 0.498 e. The Morgan fingerprint density at radius 3 is 1.57 bits per heavy atom. The van der Waals surface area contributed by atoms with Gasteiger partial charge in [0.15, 0.2) is 14.4 Å². The molecule has 0 aliphatic carbocycles. The van der Waals surface area contributed by atoms with Crippen molar-refractivity contribution in [3.05, 3.63) is 0 Å². The van der Waals surface area contributed by atoms with Gasteiger partial charge in [-0.3, -0.25) is 0 Å². The minimum absolute atomic E-state index is 0.463. The summed E-state index contributed by atoms with van der Waals surface area (Å²) in [6, 6.07) is 0. The fourth-order valence-electron chi connectivity index (χ4n) is 0.901. The number of rotatable bonds is 3. The van der Waals surface area contributed by atoms with E-state index in [9.17, 15) is 30.0 Å².